The molecule has 0 aliphatic heterocycles. The normalized spacial score (nSPS) is 12.2. The molecule has 70 valence electrons. The van der Waals surface area contributed by atoms with Crippen LogP contribution < -0.4 is 10.5 Å². The minimum Gasteiger partial charge on any atom is -0.481 e. The van der Waals surface area contributed by atoms with Crippen LogP contribution in [0.25, 0.3) is 0 Å². The van der Waals surface area contributed by atoms with Gasteiger partial charge >= 0.3 is 0 Å². The second-order valence-electron chi connectivity index (χ2n) is 2.76. The van der Waals surface area contributed by atoms with Crippen LogP contribution in [0.4, 0.5) is 0 Å². The first-order chi connectivity index (χ1) is 6.27. The van der Waals surface area contributed by atoms with Crippen molar-refractivity contribution >= 4 is 0 Å². The highest BCUT2D eigenvalue weighted by molar-refractivity contribution is 5.20. The van der Waals surface area contributed by atoms with Crippen molar-refractivity contribution in [3.8, 4) is 5.88 Å². The second-order valence-corrected chi connectivity index (χ2v) is 2.76. The average Bonchev–Trinajstić information content (AvgIpc) is 2.18. The molecule has 13 heavy (non-hydrogen) atoms. The van der Waals surface area contributed by atoms with Crippen LogP contribution in [-0.2, 0) is 0 Å². The molecule has 1 aromatic rings. The number of aromatic nitrogens is 1. The Bertz CT molecular complexity index is 269. The van der Waals surface area contributed by atoms with Crippen molar-refractivity contribution in [1.29, 1.82) is 0 Å². The number of nitrogens with zero attached hydrogens (tertiary/aromatic N) is 1. The summed E-state index contributed by atoms with van der Waals surface area (Å²) in [6.07, 6.45) is 4.29. The zero-order valence-corrected chi connectivity index (χ0v) is 7.73. The summed E-state index contributed by atoms with van der Waals surface area (Å²) in [5.41, 5.74) is 6.85. The zero-order valence-electron chi connectivity index (χ0n) is 7.73. The van der Waals surface area contributed by atoms with E-state index in [0.29, 0.717) is 5.88 Å². The third-order valence-electron chi connectivity index (χ3n) is 1.82. The number of pyridine rings is 1. The Morgan fingerprint density at radius 2 is 2.46 bits per heavy atom. The van der Waals surface area contributed by atoms with E-state index in [1.165, 1.54) is 0 Å². The first-order valence-electron chi connectivity index (χ1n) is 4.14. The lowest BCUT2D eigenvalue weighted by Gasteiger charge is -2.08. The van der Waals surface area contributed by atoms with Gasteiger partial charge in [0.2, 0.25) is 5.88 Å². The molecule has 2 N–H and O–H groups in total. The molecule has 0 aromatic carbocycles. The molecule has 0 spiro atoms. The lowest BCUT2D eigenvalue weighted by molar-refractivity contribution is 0.397. The molecule has 0 aliphatic rings. The highest BCUT2D eigenvalue weighted by Gasteiger charge is 2.03. The standard InChI is InChI=1S/C10H14N2O/c1-3-4-9(11)8-5-6-10(13-2)12-7-8/h3,5-7,9H,1,4,11H2,2H3/t9-/m1/s1. The maximum atomic E-state index is 5.84. The third kappa shape index (κ3) is 2.56. The van der Waals surface area contributed by atoms with Crippen LogP contribution in [0.15, 0.2) is 31.0 Å². The van der Waals surface area contributed by atoms with Gasteiger partial charge in [-0.3, -0.25) is 0 Å². The Hall–Kier alpha value is -1.35. The predicted molar refractivity (Wildman–Crippen MR) is 52.5 cm³/mol. The molecular formula is C10H14N2O. The van der Waals surface area contributed by atoms with Gasteiger partial charge in [0.15, 0.2) is 0 Å². The lowest BCUT2D eigenvalue weighted by Crippen LogP contribution is -2.09. The van der Waals surface area contributed by atoms with E-state index >= 15 is 0 Å². The van der Waals surface area contributed by atoms with E-state index < -0.39 is 0 Å². The summed E-state index contributed by atoms with van der Waals surface area (Å²) in [6.45, 7) is 3.63. The number of hydrogen-bond acceptors (Lipinski definition) is 3. The quantitative estimate of drug-likeness (QED) is 0.713. The smallest absolute Gasteiger partial charge is 0.212 e. The molecule has 0 fully saturated rings. The van der Waals surface area contributed by atoms with Gasteiger partial charge < -0.3 is 10.5 Å². The van der Waals surface area contributed by atoms with Crippen molar-refractivity contribution in [1.82, 2.24) is 4.98 Å². The SMILES string of the molecule is C=CC[C@@H](N)c1ccc(OC)nc1. The van der Waals surface area contributed by atoms with E-state index in [0.717, 1.165) is 12.0 Å². The van der Waals surface area contributed by atoms with Crippen molar-refractivity contribution in [2.45, 2.75) is 12.5 Å². The molecule has 0 unspecified atom stereocenters. The maximum Gasteiger partial charge on any atom is 0.212 e. The summed E-state index contributed by atoms with van der Waals surface area (Å²) in [7, 11) is 1.59. The Kier molecular flexibility index (Phi) is 3.46. The van der Waals surface area contributed by atoms with Gasteiger partial charge in [0.1, 0.15) is 0 Å². The maximum absolute atomic E-state index is 5.84. The summed E-state index contributed by atoms with van der Waals surface area (Å²) < 4.78 is 4.94. The van der Waals surface area contributed by atoms with Gasteiger partial charge in [-0.05, 0) is 12.0 Å². The van der Waals surface area contributed by atoms with Crippen molar-refractivity contribution in [2.24, 2.45) is 5.73 Å². The third-order valence-corrected chi connectivity index (χ3v) is 1.82. The van der Waals surface area contributed by atoms with Gasteiger partial charge in [0, 0.05) is 18.3 Å². The first kappa shape index (κ1) is 9.74. The van der Waals surface area contributed by atoms with Crippen LogP contribution in [0.3, 0.4) is 0 Å². The molecule has 3 nitrogen and oxygen atoms in total. The van der Waals surface area contributed by atoms with Crippen LogP contribution in [0.2, 0.25) is 0 Å². The monoisotopic (exact) mass is 178 g/mol. The van der Waals surface area contributed by atoms with Gasteiger partial charge in [0.25, 0.3) is 0 Å². The average molecular weight is 178 g/mol. The minimum atomic E-state index is -0.0177. The lowest BCUT2D eigenvalue weighted by atomic mass is 10.1. The van der Waals surface area contributed by atoms with E-state index in [1.807, 2.05) is 6.07 Å². The molecule has 1 atom stereocenters. The number of hydrogen-bond donors (Lipinski definition) is 1. The second kappa shape index (κ2) is 4.62. The highest BCUT2D eigenvalue weighted by Crippen LogP contribution is 2.15. The molecular weight excluding hydrogens is 164 g/mol. The van der Waals surface area contributed by atoms with Crippen molar-refractivity contribution in [3.63, 3.8) is 0 Å². The fourth-order valence-electron chi connectivity index (χ4n) is 1.05. The molecule has 1 rings (SSSR count). The summed E-state index contributed by atoms with van der Waals surface area (Å²) in [6, 6.07) is 3.70. The van der Waals surface area contributed by atoms with Crippen LogP contribution in [0.1, 0.15) is 18.0 Å². The molecule has 0 aliphatic carbocycles. The van der Waals surface area contributed by atoms with Crippen LogP contribution in [0, 0.1) is 0 Å². The van der Waals surface area contributed by atoms with E-state index in [2.05, 4.69) is 11.6 Å². The van der Waals surface area contributed by atoms with E-state index in [1.54, 1.807) is 25.4 Å². The minimum absolute atomic E-state index is 0.0177. The van der Waals surface area contributed by atoms with Crippen molar-refractivity contribution in [2.75, 3.05) is 7.11 Å². The van der Waals surface area contributed by atoms with Gasteiger partial charge in [-0.2, -0.15) is 0 Å². The predicted octanol–water partition coefficient (Wildman–Crippen LogP) is 1.67. The molecule has 0 saturated carbocycles. The van der Waals surface area contributed by atoms with Crippen LogP contribution in [0.5, 0.6) is 5.88 Å². The molecule has 1 aromatic heterocycles. The highest BCUT2D eigenvalue weighted by atomic mass is 16.5. The van der Waals surface area contributed by atoms with Crippen LogP contribution >= 0.6 is 0 Å². The molecule has 3 heteroatoms. The summed E-state index contributed by atoms with van der Waals surface area (Å²) in [5.74, 6) is 0.606. The van der Waals surface area contributed by atoms with E-state index in [4.69, 9.17) is 10.5 Å². The number of rotatable bonds is 4. The molecule has 0 radical (unpaired) electrons. The first-order valence-corrected chi connectivity index (χ1v) is 4.14. The number of methoxy groups -OCH3 is 1. The fraction of sp³-hybridized carbons (Fsp3) is 0.300. The molecule has 0 bridgehead atoms. The van der Waals surface area contributed by atoms with Gasteiger partial charge in [-0.25, -0.2) is 4.98 Å². The van der Waals surface area contributed by atoms with Gasteiger partial charge in [-0.15, -0.1) is 6.58 Å². The zero-order chi connectivity index (χ0) is 9.68. The van der Waals surface area contributed by atoms with E-state index in [9.17, 15) is 0 Å². The Labute approximate surface area is 78.2 Å². The fourth-order valence-corrected chi connectivity index (χ4v) is 1.05. The molecule has 0 amide bonds. The van der Waals surface area contributed by atoms with Gasteiger partial charge in [0.05, 0.1) is 7.11 Å². The summed E-state index contributed by atoms with van der Waals surface area (Å²) in [4.78, 5) is 4.06. The summed E-state index contributed by atoms with van der Waals surface area (Å²) >= 11 is 0. The van der Waals surface area contributed by atoms with Gasteiger partial charge in [-0.1, -0.05) is 12.1 Å². The molecule has 1 heterocycles. The van der Waals surface area contributed by atoms with E-state index in [-0.39, 0.29) is 6.04 Å². The van der Waals surface area contributed by atoms with Crippen molar-refractivity contribution < 1.29 is 4.74 Å². The summed E-state index contributed by atoms with van der Waals surface area (Å²) in [5, 5.41) is 0. The Morgan fingerprint density at radius 3 is 2.92 bits per heavy atom. The van der Waals surface area contributed by atoms with Crippen LogP contribution in [-0.4, -0.2) is 12.1 Å². The topological polar surface area (TPSA) is 48.1 Å². The largest absolute Gasteiger partial charge is 0.481 e. The Balaban J connectivity index is 2.73. The Morgan fingerprint density at radius 1 is 1.69 bits per heavy atom. The number of ether oxygens (including phenoxy) is 1. The number of nitrogens with two attached hydrogens (primary N) is 1. The van der Waals surface area contributed by atoms with Crippen molar-refractivity contribution in [3.05, 3.63) is 36.5 Å². The molecule has 0 saturated heterocycles.